The summed E-state index contributed by atoms with van der Waals surface area (Å²) in [7, 11) is 2.19. The monoisotopic (exact) mass is 298 g/mol. The summed E-state index contributed by atoms with van der Waals surface area (Å²) in [5.41, 5.74) is 0.454. The Morgan fingerprint density at radius 1 is 1.10 bits per heavy atom. The van der Waals surface area contributed by atoms with Crippen molar-refractivity contribution in [2.45, 2.75) is 56.8 Å². The van der Waals surface area contributed by atoms with Crippen LogP contribution in [0.5, 0.6) is 0 Å². The summed E-state index contributed by atoms with van der Waals surface area (Å²) in [6.45, 7) is 0.377. The molecule has 116 valence electrons. The first kappa shape index (κ1) is 14.9. The summed E-state index contributed by atoms with van der Waals surface area (Å²) in [4.78, 5) is 2.47. The quantitative estimate of drug-likeness (QED) is 0.862. The van der Waals surface area contributed by atoms with Gasteiger partial charge in [-0.2, -0.15) is 0 Å². The van der Waals surface area contributed by atoms with Gasteiger partial charge in [-0.05, 0) is 50.4 Å². The molecule has 21 heavy (non-hydrogen) atoms. The van der Waals surface area contributed by atoms with E-state index in [4.69, 9.17) is 0 Å². The van der Waals surface area contributed by atoms with E-state index >= 15 is 0 Å². The number of halogens is 3. The van der Waals surface area contributed by atoms with E-state index in [1.165, 1.54) is 19.3 Å². The average molecular weight is 298 g/mol. The van der Waals surface area contributed by atoms with Gasteiger partial charge < -0.3 is 10.2 Å². The number of fused-ring (bicyclic) bond motifs is 2. The first-order valence-corrected chi connectivity index (χ1v) is 7.63. The van der Waals surface area contributed by atoms with Gasteiger partial charge in [0.05, 0.1) is 0 Å². The highest BCUT2D eigenvalue weighted by molar-refractivity contribution is 5.19. The molecule has 0 amide bonds. The van der Waals surface area contributed by atoms with Crippen molar-refractivity contribution in [2.24, 2.45) is 0 Å². The van der Waals surface area contributed by atoms with E-state index < -0.39 is 17.5 Å². The van der Waals surface area contributed by atoms with Crippen LogP contribution in [0.15, 0.2) is 12.1 Å². The highest BCUT2D eigenvalue weighted by atomic mass is 19.2. The third-order valence-electron chi connectivity index (χ3n) is 4.98. The predicted molar refractivity (Wildman–Crippen MR) is 75.4 cm³/mol. The van der Waals surface area contributed by atoms with Crippen LogP contribution in [0.3, 0.4) is 0 Å². The van der Waals surface area contributed by atoms with Crippen LogP contribution in [0.2, 0.25) is 0 Å². The van der Waals surface area contributed by atoms with Crippen molar-refractivity contribution in [2.75, 3.05) is 7.05 Å². The molecule has 1 N–H and O–H groups in total. The van der Waals surface area contributed by atoms with E-state index in [0.29, 0.717) is 30.2 Å². The molecular formula is C16H21F3N2. The summed E-state index contributed by atoms with van der Waals surface area (Å²) in [6, 6.07) is 3.73. The molecule has 0 aromatic heterocycles. The van der Waals surface area contributed by atoms with E-state index in [2.05, 4.69) is 17.3 Å². The van der Waals surface area contributed by atoms with E-state index in [9.17, 15) is 13.2 Å². The predicted octanol–water partition coefficient (Wildman–Crippen LogP) is 3.21. The number of hydrogen-bond donors (Lipinski definition) is 1. The van der Waals surface area contributed by atoms with Crippen molar-refractivity contribution < 1.29 is 13.2 Å². The standard InChI is InChI=1S/C16H21F3N2/c1-21-12-3-2-4-13(21)8-11(7-12)20-9-10-5-14(17)16(19)15(18)6-10/h5-6,11-13,20H,2-4,7-9H2,1H3. The first-order chi connectivity index (χ1) is 10.0. The van der Waals surface area contributed by atoms with Gasteiger partial charge in [0.2, 0.25) is 0 Å². The molecule has 0 spiro atoms. The SMILES string of the molecule is CN1C2CCCC1CC(NCc1cc(F)c(F)c(F)c1)C2. The van der Waals surface area contributed by atoms with E-state index in [-0.39, 0.29) is 0 Å². The second kappa shape index (κ2) is 5.97. The molecule has 2 saturated heterocycles. The Kier molecular flexibility index (Phi) is 4.22. The Bertz CT molecular complexity index is 483. The zero-order chi connectivity index (χ0) is 15.0. The maximum atomic E-state index is 13.2. The van der Waals surface area contributed by atoms with Crippen LogP contribution in [-0.4, -0.2) is 30.1 Å². The second-order valence-electron chi connectivity index (χ2n) is 6.33. The van der Waals surface area contributed by atoms with Gasteiger partial charge in [-0.15, -0.1) is 0 Å². The molecule has 1 aromatic rings. The Labute approximate surface area is 123 Å². The van der Waals surface area contributed by atoms with Crippen LogP contribution < -0.4 is 5.32 Å². The van der Waals surface area contributed by atoms with Gasteiger partial charge in [0.15, 0.2) is 17.5 Å². The lowest BCUT2D eigenvalue weighted by Crippen LogP contribution is -2.54. The molecule has 2 aliphatic heterocycles. The zero-order valence-corrected chi connectivity index (χ0v) is 12.2. The van der Waals surface area contributed by atoms with Crippen molar-refractivity contribution in [1.29, 1.82) is 0 Å². The molecule has 2 aliphatic rings. The van der Waals surface area contributed by atoms with Gasteiger partial charge in [-0.3, -0.25) is 0 Å². The molecule has 0 radical (unpaired) electrons. The van der Waals surface area contributed by atoms with E-state index in [0.717, 1.165) is 25.0 Å². The number of nitrogens with one attached hydrogen (secondary N) is 1. The third kappa shape index (κ3) is 3.09. The molecule has 2 atom stereocenters. The van der Waals surface area contributed by atoms with Crippen molar-refractivity contribution in [3.8, 4) is 0 Å². The minimum atomic E-state index is -1.40. The van der Waals surface area contributed by atoms with Crippen LogP contribution in [0.4, 0.5) is 13.2 Å². The van der Waals surface area contributed by atoms with Crippen LogP contribution in [0.25, 0.3) is 0 Å². The van der Waals surface area contributed by atoms with Gasteiger partial charge >= 0.3 is 0 Å². The number of piperidine rings is 2. The van der Waals surface area contributed by atoms with E-state index in [1.807, 2.05) is 0 Å². The largest absolute Gasteiger partial charge is 0.310 e. The van der Waals surface area contributed by atoms with Crippen molar-refractivity contribution in [3.05, 3.63) is 35.1 Å². The van der Waals surface area contributed by atoms with Crippen LogP contribution in [-0.2, 0) is 6.54 Å². The second-order valence-corrected chi connectivity index (χ2v) is 6.33. The van der Waals surface area contributed by atoms with Crippen molar-refractivity contribution in [1.82, 2.24) is 10.2 Å². The summed E-state index contributed by atoms with van der Waals surface area (Å²) < 4.78 is 39.3. The Morgan fingerprint density at radius 2 is 1.67 bits per heavy atom. The fourth-order valence-electron chi connectivity index (χ4n) is 3.75. The fraction of sp³-hybridized carbons (Fsp3) is 0.625. The van der Waals surface area contributed by atoms with Gasteiger partial charge in [-0.1, -0.05) is 6.42 Å². The molecule has 0 aliphatic carbocycles. The smallest absolute Gasteiger partial charge is 0.194 e. The molecule has 1 aromatic carbocycles. The summed E-state index contributed by atoms with van der Waals surface area (Å²) in [6.07, 6.45) is 5.88. The number of benzene rings is 1. The summed E-state index contributed by atoms with van der Waals surface area (Å²) >= 11 is 0. The molecule has 2 fully saturated rings. The van der Waals surface area contributed by atoms with Crippen LogP contribution in [0.1, 0.15) is 37.7 Å². The highest BCUT2D eigenvalue weighted by Gasteiger charge is 2.35. The highest BCUT2D eigenvalue weighted by Crippen LogP contribution is 2.32. The lowest BCUT2D eigenvalue weighted by molar-refractivity contribution is 0.0482. The van der Waals surface area contributed by atoms with Gasteiger partial charge in [0, 0.05) is 24.7 Å². The average Bonchev–Trinajstić information content (AvgIpc) is 2.43. The Hall–Kier alpha value is -1.07. The number of rotatable bonds is 3. The molecule has 5 heteroatoms. The normalized spacial score (nSPS) is 29.6. The fourth-order valence-corrected chi connectivity index (χ4v) is 3.75. The van der Waals surface area contributed by atoms with E-state index in [1.54, 1.807) is 0 Å². The minimum absolute atomic E-state index is 0.368. The molecular weight excluding hydrogens is 277 g/mol. The topological polar surface area (TPSA) is 15.3 Å². The molecule has 2 unspecified atom stereocenters. The summed E-state index contributed by atoms with van der Waals surface area (Å²) in [5, 5.41) is 3.38. The lowest BCUT2D eigenvalue weighted by atomic mass is 9.82. The van der Waals surface area contributed by atoms with Gasteiger partial charge in [0.25, 0.3) is 0 Å². The molecule has 2 heterocycles. The number of hydrogen-bond acceptors (Lipinski definition) is 2. The molecule has 3 rings (SSSR count). The third-order valence-corrected chi connectivity index (χ3v) is 4.98. The summed E-state index contributed by atoms with van der Waals surface area (Å²) in [5.74, 6) is -3.63. The molecule has 0 saturated carbocycles. The first-order valence-electron chi connectivity index (χ1n) is 7.63. The zero-order valence-electron chi connectivity index (χ0n) is 12.2. The van der Waals surface area contributed by atoms with Crippen LogP contribution >= 0.6 is 0 Å². The minimum Gasteiger partial charge on any atom is -0.310 e. The number of nitrogens with zero attached hydrogens (tertiary/aromatic N) is 1. The maximum Gasteiger partial charge on any atom is 0.194 e. The Balaban J connectivity index is 1.61. The maximum absolute atomic E-state index is 13.2. The molecule has 2 bridgehead atoms. The molecule has 2 nitrogen and oxygen atoms in total. The Morgan fingerprint density at radius 3 is 2.24 bits per heavy atom. The van der Waals surface area contributed by atoms with Crippen molar-refractivity contribution >= 4 is 0 Å². The lowest BCUT2D eigenvalue weighted by Gasteiger charge is -2.47. The van der Waals surface area contributed by atoms with Crippen LogP contribution in [0, 0.1) is 17.5 Å². The van der Waals surface area contributed by atoms with Gasteiger partial charge in [0.1, 0.15) is 0 Å². The van der Waals surface area contributed by atoms with Gasteiger partial charge in [-0.25, -0.2) is 13.2 Å². The van der Waals surface area contributed by atoms with Crippen molar-refractivity contribution in [3.63, 3.8) is 0 Å².